The highest BCUT2D eigenvalue weighted by Crippen LogP contribution is 2.37. The van der Waals surface area contributed by atoms with Gasteiger partial charge in [0.05, 0.1) is 0 Å². The lowest BCUT2D eigenvalue weighted by molar-refractivity contribution is 0.208. The molecule has 2 aliphatic rings. The maximum Gasteiger partial charge on any atom is 0.226 e. The van der Waals surface area contributed by atoms with E-state index < -0.39 is 0 Å². The van der Waals surface area contributed by atoms with Gasteiger partial charge < -0.3 is 9.80 Å². The van der Waals surface area contributed by atoms with Crippen LogP contribution in [0.4, 0.5) is 11.8 Å². The highest BCUT2D eigenvalue weighted by atomic mass is 15.3. The van der Waals surface area contributed by atoms with Crippen molar-refractivity contribution in [1.29, 1.82) is 0 Å². The molecule has 1 aromatic heterocycles. The van der Waals surface area contributed by atoms with Crippen molar-refractivity contribution in [3.63, 3.8) is 0 Å². The Morgan fingerprint density at radius 1 is 1.05 bits per heavy atom. The van der Waals surface area contributed by atoms with Gasteiger partial charge in [-0.1, -0.05) is 32.1 Å². The molecule has 122 valence electrons. The number of anilines is 2. The average Bonchev–Trinajstić information content (AvgIpc) is 2.56. The fourth-order valence-electron chi connectivity index (χ4n) is 4.16. The van der Waals surface area contributed by atoms with Gasteiger partial charge in [0, 0.05) is 32.9 Å². The third-order valence-electron chi connectivity index (χ3n) is 5.56. The molecule has 2 unspecified atom stereocenters. The van der Waals surface area contributed by atoms with Crippen LogP contribution in [-0.2, 0) is 0 Å². The normalized spacial score (nSPS) is 27.0. The van der Waals surface area contributed by atoms with E-state index in [-0.39, 0.29) is 0 Å². The summed E-state index contributed by atoms with van der Waals surface area (Å²) in [5.41, 5.74) is 0. The van der Waals surface area contributed by atoms with Crippen LogP contribution in [0.2, 0.25) is 0 Å². The molecule has 2 fully saturated rings. The van der Waals surface area contributed by atoms with Gasteiger partial charge in [0.15, 0.2) is 0 Å². The van der Waals surface area contributed by atoms with E-state index >= 15 is 0 Å². The SMILES string of the molecule is CC1CCC(C2CCCCC2)CN1c1ccnc(N(C)C)n1. The van der Waals surface area contributed by atoms with Gasteiger partial charge in [-0.25, -0.2) is 4.98 Å². The van der Waals surface area contributed by atoms with Crippen LogP contribution in [0.1, 0.15) is 51.9 Å². The molecule has 22 heavy (non-hydrogen) atoms. The van der Waals surface area contributed by atoms with E-state index in [1.54, 1.807) is 0 Å². The van der Waals surface area contributed by atoms with Crippen molar-refractivity contribution in [2.75, 3.05) is 30.4 Å². The molecule has 2 heterocycles. The molecule has 0 radical (unpaired) electrons. The maximum absolute atomic E-state index is 4.77. The maximum atomic E-state index is 4.77. The van der Waals surface area contributed by atoms with Crippen molar-refractivity contribution >= 4 is 11.8 Å². The molecule has 3 rings (SSSR count). The van der Waals surface area contributed by atoms with E-state index in [9.17, 15) is 0 Å². The Morgan fingerprint density at radius 2 is 1.82 bits per heavy atom. The highest BCUT2D eigenvalue weighted by Gasteiger charge is 2.32. The predicted molar refractivity (Wildman–Crippen MR) is 92.5 cm³/mol. The first kappa shape index (κ1) is 15.6. The Labute approximate surface area is 134 Å². The smallest absolute Gasteiger partial charge is 0.226 e. The first-order valence-electron chi connectivity index (χ1n) is 8.92. The standard InChI is InChI=1S/C18H30N4/c1-14-9-10-16(15-7-5-4-6-8-15)13-22(14)17-11-12-19-18(20-17)21(2)3/h11-12,14-16H,4-10,13H2,1-3H3. The van der Waals surface area contributed by atoms with Crippen molar-refractivity contribution in [2.24, 2.45) is 11.8 Å². The minimum atomic E-state index is 0.588. The molecule has 1 saturated carbocycles. The molecule has 1 aromatic rings. The number of aromatic nitrogens is 2. The Morgan fingerprint density at radius 3 is 2.55 bits per heavy atom. The molecular weight excluding hydrogens is 272 g/mol. The molecule has 0 aromatic carbocycles. The molecule has 0 amide bonds. The van der Waals surface area contributed by atoms with Gasteiger partial charge in [0.2, 0.25) is 5.95 Å². The summed E-state index contributed by atoms with van der Waals surface area (Å²) in [4.78, 5) is 13.6. The van der Waals surface area contributed by atoms with Crippen LogP contribution < -0.4 is 9.80 Å². The van der Waals surface area contributed by atoms with Gasteiger partial charge in [0.25, 0.3) is 0 Å². The average molecular weight is 302 g/mol. The van der Waals surface area contributed by atoms with E-state index in [0.29, 0.717) is 6.04 Å². The van der Waals surface area contributed by atoms with Crippen LogP contribution >= 0.6 is 0 Å². The lowest BCUT2D eigenvalue weighted by Gasteiger charge is -2.42. The molecule has 1 aliphatic carbocycles. The van der Waals surface area contributed by atoms with E-state index in [2.05, 4.69) is 22.9 Å². The second-order valence-electron chi connectivity index (χ2n) is 7.35. The molecular formula is C18H30N4. The summed E-state index contributed by atoms with van der Waals surface area (Å²) in [6.45, 7) is 3.52. The van der Waals surface area contributed by atoms with Crippen molar-refractivity contribution in [3.8, 4) is 0 Å². The predicted octanol–water partition coefficient (Wildman–Crippen LogP) is 3.73. The van der Waals surface area contributed by atoms with Gasteiger partial charge in [-0.05, 0) is 37.7 Å². The summed E-state index contributed by atoms with van der Waals surface area (Å²) in [6.07, 6.45) is 11.8. The van der Waals surface area contributed by atoms with Crippen LogP contribution in [0.15, 0.2) is 12.3 Å². The lowest BCUT2D eigenvalue weighted by atomic mass is 9.75. The highest BCUT2D eigenvalue weighted by molar-refractivity contribution is 5.44. The molecule has 0 N–H and O–H groups in total. The monoisotopic (exact) mass is 302 g/mol. The summed E-state index contributed by atoms with van der Waals surface area (Å²) in [5.74, 6) is 3.71. The number of nitrogens with zero attached hydrogens (tertiary/aromatic N) is 4. The Hall–Kier alpha value is -1.32. The fourth-order valence-corrected chi connectivity index (χ4v) is 4.16. The Bertz CT molecular complexity index is 482. The van der Waals surface area contributed by atoms with Gasteiger partial charge in [0.1, 0.15) is 5.82 Å². The van der Waals surface area contributed by atoms with Crippen molar-refractivity contribution in [2.45, 2.75) is 57.9 Å². The first-order valence-corrected chi connectivity index (χ1v) is 8.92. The van der Waals surface area contributed by atoms with Gasteiger partial charge >= 0.3 is 0 Å². The van der Waals surface area contributed by atoms with E-state index in [4.69, 9.17) is 4.98 Å². The summed E-state index contributed by atoms with van der Waals surface area (Å²) in [6, 6.07) is 2.66. The summed E-state index contributed by atoms with van der Waals surface area (Å²) in [7, 11) is 4.01. The van der Waals surface area contributed by atoms with Crippen LogP contribution in [0.25, 0.3) is 0 Å². The number of piperidine rings is 1. The molecule has 4 nitrogen and oxygen atoms in total. The van der Waals surface area contributed by atoms with Crippen molar-refractivity contribution < 1.29 is 0 Å². The van der Waals surface area contributed by atoms with Crippen LogP contribution in [0, 0.1) is 11.8 Å². The molecule has 4 heteroatoms. The Balaban J connectivity index is 1.74. The zero-order valence-electron chi connectivity index (χ0n) is 14.3. The first-order chi connectivity index (χ1) is 10.6. The minimum absolute atomic E-state index is 0.588. The zero-order valence-corrected chi connectivity index (χ0v) is 14.3. The molecule has 1 aliphatic heterocycles. The summed E-state index contributed by atoms with van der Waals surface area (Å²) < 4.78 is 0. The molecule has 1 saturated heterocycles. The van der Waals surface area contributed by atoms with Crippen molar-refractivity contribution in [1.82, 2.24) is 9.97 Å². The van der Waals surface area contributed by atoms with E-state index in [1.165, 1.54) is 51.5 Å². The zero-order chi connectivity index (χ0) is 15.5. The third-order valence-corrected chi connectivity index (χ3v) is 5.56. The van der Waals surface area contributed by atoms with E-state index in [1.807, 2.05) is 25.2 Å². The molecule has 0 spiro atoms. The number of hydrogen-bond acceptors (Lipinski definition) is 4. The Kier molecular flexibility index (Phi) is 4.84. The fraction of sp³-hybridized carbons (Fsp3) is 0.778. The third kappa shape index (κ3) is 3.36. The van der Waals surface area contributed by atoms with Crippen LogP contribution in [0.5, 0.6) is 0 Å². The quantitative estimate of drug-likeness (QED) is 0.851. The largest absolute Gasteiger partial charge is 0.353 e. The summed E-state index contributed by atoms with van der Waals surface area (Å²) >= 11 is 0. The molecule has 2 atom stereocenters. The van der Waals surface area contributed by atoms with Crippen molar-refractivity contribution in [3.05, 3.63) is 12.3 Å². The van der Waals surface area contributed by atoms with Crippen LogP contribution in [0.3, 0.4) is 0 Å². The van der Waals surface area contributed by atoms with Gasteiger partial charge in [-0.3, -0.25) is 0 Å². The topological polar surface area (TPSA) is 32.3 Å². The van der Waals surface area contributed by atoms with Crippen LogP contribution in [-0.4, -0.2) is 36.6 Å². The lowest BCUT2D eigenvalue weighted by Crippen LogP contribution is -2.44. The second kappa shape index (κ2) is 6.84. The van der Waals surface area contributed by atoms with Gasteiger partial charge in [-0.15, -0.1) is 0 Å². The molecule has 0 bridgehead atoms. The van der Waals surface area contributed by atoms with E-state index in [0.717, 1.165) is 23.6 Å². The second-order valence-corrected chi connectivity index (χ2v) is 7.35. The number of hydrogen-bond donors (Lipinski definition) is 0. The minimum Gasteiger partial charge on any atom is -0.353 e. The number of rotatable bonds is 3. The van der Waals surface area contributed by atoms with Gasteiger partial charge in [-0.2, -0.15) is 4.98 Å². The summed E-state index contributed by atoms with van der Waals surface area (Å²) in [5, 5.41) is 0.